The Balaban J connectivity index is 1.87. The highest BCUT2D eigenvalue weighted by atomic mass is 19.3. The molecular weight excluding hydrogens is 370 g/mol. The fraction of sp³-hybridized carbons (Fsp3) is 0.214. The molecule has 0 bridgehead atoms. The molecule has 0 saturated carbocycles. The Morgan fingerprint density at radius 1 is 1.19 bits per heavy atom. The summed E-state index contributed by atoms with van der Waals surface area (Å²) in [4.78, 5) is 24.2. The molecule has 1 aromatic carbocycles. The van der Waals surface area contributed by atoms with Gasteiger partial charge in [0.05, 0.1) is 9.85 Å². The number of aromatic nitrogens is 4. The normalized spacial score (nSPS) is 11.1. The van der Waals surface area contributed by atoms with Crippen molar-refractivity contribution in [3.63, 3.8) is 0 Å². The number of hydrogen-bond donors (Lipinski definition) is 0. The summed E-state index contributed by atoms with van der Waals surface area (Å²) in [5, 5.41) is 28.9. The Kier molecular flexibility index (Phi) is 4.58. The molecule has 3 aromatic rings. The number of benzene rings is 1. The van der Waals surface area contributed by atoms with E-state index in [-0.39, 0.29) is 29.6 Å². The number of non-ortho nitro benzene ring substituents is 1. The van der Waals surface area contributed by atoms with E-state index >= 15 is 0 Å². The molecule has 13 heteroatoms. The molecular formula is C14H10F2N6O5. The fourth-order valence-corrected chi connectivity index (χ4v) is 2.38. The number of nitro benzene ring substituents is 1. The van der Waals surface area contributed by atoms with Crippen LogP contribution in [-0.2, 0) is 6.54 Å². The molecule has 2 heterocycles. The second kappa shape index (κ2) is 6.86. The first-order valence-electron chi connectivity index (χ1n) is 7.35. The van der Waals surface area contributed by atoms with Crippen LogP contribution in [0, 0.1) is 27.2 Å². The predicted octanol–water partition coefficient (Wildman–Crippen LogP) is 3.04. The van der Waals surface area contributed by atoms with Crippen molar-refractivity contribution in [2.45, 2.75) is 19.9 Å². The zero-order valence-electron chi connectivity index (χ0n) is 13.6. The summed E-state index contributed by atoms with van der Waals surface area (Å²) >= 11 is 0. The van der Waals surface area contributed by atoms with Gasteiger partial charge in [0.2, 0.25) is 17.4 Å². The second-order valence-corrected chi connectivity index (χ2v) is 5.35. The van der Waals surface area contributed by atoms with Crippen LogP contribution in [0.4, 0.5) is 20.2 Å². The van der Waals surface area contributed by atoms with Crippen LogP contribution in [0.3, 0.4) is 0 Å². The first-order valence-corrected chi connectivity index (χ1v) is 7.35. The van der Waals surface area contributed by atoms with Crippen molar-refractivity contribution >= 4 is 11.4 Å². The molecule has 0 amide bonds. The van der Waals surface area contributed by atoms with Gasteiger partial charge in [-0.25, -0.2) is 8.78 Å². The topological polar surface area (TPSA) is 143 Å². The van der Waals surface area contributed by atoms with E-state index in [1.54, 1.807) is 0 Å². The molecule has 0 spiro atoms. The van der Waals surface area contributed by atoms with Gasteiger partial charge in [0.25, 0.3) is 12.1 Å². The van der Waals surface area contributed by atoms with Crippen molar-refractivity contribution in [3.8, 4) is 11.4 Å². The molecule has 0 aliphatic carbocycles. The lowest BCUT2D eigenvalue weighted by molar-refractivity contribution is -0.386. The van der Waals surface area contributed by atoms with E-state index in [1.165, 1.54) is 31.2 Å². The van der Waals surface area contributed by atoms with Crippen LogP contribution in [0.2, 0.25) is 0 Å². The van der Waals surface area contributed by atoms with E-state index in [4.69, 9.17) is 4.52 Å². The van der Waals surface area contributed by atoms with Crippen LogP contribution >= 0.6 is 0 Å². The Hall–Kier alpha value is -3.77. The number of nitrogens with zero attached hydrogens (tertiary/aromatic N) is 6. The maximum atomic E-state index is 13.0. The first kappa shape index (κ1) is 18.0. The monoisotopic (exact) mass is 380 g/mol. The third-order valence-corrected chi connectivity index (χ3v) is 3.68. The second-order valence-electron chi connectivity index (χ2n) is 5.35. The van der Waals surface area contributed by atoms with Crippen LogP contribution in [0.25, 0.3) is 11.4 Å². The Bertz CT molecular complexity index is 1010. The maximum Gasteiger partial charge on any atom is 0.319 e. The molecule has 0 N–H and O–H groups in total. The average Bonchev–Trinajstić information content (AvgIpc) is 3.20. The summed E-state index contributed by atoms with van der Waals surface area (Å²) in [6.07, 6.45) is -3.11. The zero-order valence-corrected chi connectivity index (χ0v) is 13.6. The van der Waals surface area contributed by atoms with Crippen LogP contribution in [-0.4, -0.2) is 29.8 Å². The summed E-state index contributed by atoms with van der Waals surface area (Å²) in [6.45, 7) is 1.03. The van der Waals surface area contributed by atoms with Gasteiger partial charge < -0.3 is 4.52 Å². The standard InChI is InChI=1S/C14H10F2N6O5/c1-7-12(22(25)26)11(13(15)16)18-20(7)6-10-17-14(19-27-10)8-2-4-9(5-3-8)21(23)24/h2-5,13H,6H2,1H3. The van der Waals surface area contributed by atoms with Crippen molar-refractivity contribution in [2.75, 3.05) is 0 Å². The van der Waals surface area contributed by atoms with Crippen molar-refractivity contribution in [2.24, 2.45) is 0 Å². The highest BCUT2D eigenvalue weighted by Crippen LogP contribution is 2.31. The molecule has 0 saturated heterocycles. The molecule has 27 heavy (non-hydrogen) atoms. The summed E-state index contributed by atoms with van der Waals surface area (Å²) in [5.74, 6) is 0.0953. The third-order valence-electron chi connectivity index (χ3n) is 3.68. The summed E-state index contributed by atoms with van der Waals surface area (Å²) in [5.41, 5.74) is -1.45. The van der Waals surface area contributed by atoms with Crippen molar-refractivity contribution < 1.29 is 23.2 Å². The lowest BCUT2D eigenvalue weighted by atomic mass is 10.2. The molecule has 3 rings (SSSR count). The van der Waals surface area contributed by atoms with Gasteiger partial charge >= 0.3 is 5.69 Å². The van der Waals surface area contributed by atoms with Gasteiger partial charge in [-0.3, -0.25) is 24.9 Å². The minimum Gasteiger partial charge on any atom is -0.337 e. The van der Waals surface area contributed by atoms with Crippen molar-refractivity contribution in [1.82, 2.24) is 19.9 Å². The molecule has 0 aliphatic rings. The number of rotatable bonds is 6. The quantitative estimate of drug-likeness (QED) is 0.469. The maximum absolute atomic E-state index is 13.0. The summed E-state index contributed by atoms with van der Waals surface area (Å²) < 4.78 is 31.9. The highest BCUT2D eigenvalue weighted by molar-refractivity contribution is 5.56. The van der Waals surface area contributed by atoms with Crippen LogP contribution in [0.5, 0.6) is 0 Å². The zero-order chi connectivity index (χ0) is 19.7. The van der Waals surface area contributed by atoms with E-state index in [0.29, 0.717) is 5.56 Å². The number of halogens is 2. The minimum atomic E-state index is -3.11. The molecule has 140 valence electrons. The molecule has 0 aliphatic heterocycles. The average molecular weight is 380 g/mol. The molecule has 11 nitrogen and oxygen atoms in total. The van der Waals surface area contributed by atoms with Gasteiger partial charge in [-0.1, -0.05) is 5.16 Å². The van der Waals surface area contributed by atoms with Gasteiger partial charge in [-0.05, 0) is 19.1 Å². The van der Waals surface area contributed by atoms with Crippen LogP contribution in [0.1, 0.15) is 23.7 Å². The summed E-state index contributed by atoms with van der Waals surface area (Å²) in [6, 6.07) is 5.37. The fourth-order valence-electron chi connectivity index (χ4n) is 2.38. The molecule has 0 atom stereocenters. The molecule has 0 unspecified atom stereocenters. The summed E-state index contributed by atoms with van der Waals surface area (Å²) in [7, 11) is 0. The van der Waals surface area contributed by atoms with Gasteiger partial charge in [-0.2, -0.15) is 10.1 Å². The lowest BCUT2D eigenvalue weighted by Gasteiger charge is -1.98. The third kappa shape index (κ3) is 3.47. The van der Waals surface area contributed by atoms with Gasteiger partial charge in [0, 0.05) is 17.7 Å². The van der Waals surface area contributed by atoms with E-state index in [1.807, 2.05) is 0 Å². The predicted molar refractivity (Wildman–Crippen MR) is 84.1 cm³/mol. The van der Waals surface area contributed by atoms with E-state index < -0.39 is 27.7 Å². The minimum absolute atomic E-state index is 0.0235. The van der Waals surface area contributed by atoms with Gasteiger partial charge in [0.15, 0.2) is 0 Å². The molecule has 2 aromatic heterocycles. The SMILES string of the molecule is Cc1c([N+](=O)[O-])c(C(F)F)nn1Cc1nc(-c2ccc([N+](=O)[O-])cc2)no1. The van der Waals surface area contributed by atoms with E-state index in [2.05, 4.69) is 15.2 Å². The first-order chi connectivity index (χ1) is 12.8. The molecule has 0 radical (unpaired) electrons. The molecule has 0 fully saturated rings. The Morgan fingerprint density at radius 2 is 1.85 bits per heavy atom. The largest absolute Gasteiger partial charge is 0.337 e. The van der Waals surface area contributed by atoms with Gasteiger partial charge in [-0.15, -0.1) is 0 Å². The van der Waals surface area contributed by atoms with Crippen molar-refractivity contribution in [3.05, 3.63) is 61.8 Å². The smallest absolute Gasteiger partial charge is 0.319 e. The van der Waals surface area contributed by atoms with E-state index in [0.717, 1.165) is 4.68 Å². The van der Waals surface area contributed by atoms with Crippen molar-refractivity contribution in [1.29, 1.82) is 0 Å². The van der Waals surface area contributed by atoms with Crippen LogP contribution < -0.4 is 0 Å². The number of alkyl halides is 2. The van der Waals surface area contributed by atoms with Crippen LogP contribution in [0.15, 0.2) is 28.8 Å². The van der Waals surface area contributed by atoms with Gasteiger partial charge in [0.1, 0.15) is 12.2 Å². The highest BCUT2D eigenvalue weighted by Gasteiger charge is 2.31. The lowest BCUT2D eigenvalue weighted by Crippen LogP contribution is -2.05. The Labute approximate surface area is 148 Å². The number of nitro groups is 2. The number of hydrogen-bond acceptors (Lipinski definition) is 8. The van der Waals surface area contributed by atoms with E-state index in [9.17, 15) is 29.0 Å². The Morgan fingerprint density at radius 3 is 2.37 bits per heavy atom.